The number of hydrogen-bond acceptors (Lipinski definition) is 7. The highest BCUT2D eigenvalue weighted by atomic mass is 16.6. The van der Waals surface area contributed by atoms with E-state index in [1.165, 1.54) is 7.11 Å². The summed E-state index contributed by atoms with van der Waals surface area (Å²) in [5, 5.41) is 7.24. The SMILES string of the molecule is COC(=O)C1(C(=O)OC)N=NCC1OC. The Morgan fingerprint density at radius 2 is 1.73 bits per heavy atom. The van der Waals surface area contributed by atoms with Gasteiger partial charge in [0.2, 0.25) is 0 Å². The van der Waals surface area contributed by atoms with Gasteiger partial charge in [-0.05, 0) is 0 Å². The zero-order chi connectivity index (χ0) is 11.5. The molecule has 1 aliphatic rings. The Balaban J connectivity index is 3.11. The standard InChI is InChI=1S/C8H12N2O5/c1-13-5-4-9-10-8(5,6(11)14-2)7(12)15-3/h5H,4H2,1-3H3. The number of methoxy groups -OCH3 is 3. The first kappa shape index (κ1) is 11.6. The Morgan fingerprint density at radius 3 is 2.13 bits per heavy atom. The fraction of sp³-hybridized carbons (Fsp3) is 0.750. The highest BCUT2D eigenvalue weighted by molar-refractivity contribution is 6.06. The van der Waals surface area contributed by atoms with E-state index in [1.54, 1.807) is 0 Å². The van der Waals surface area contributed by atoms with Gasteiger partial charge in [-0.3, -0.25) is 0 Å². The minimum absolute atomic E-state index is 0.126. The molecule has 1 unspecified atom stereocenters. The van der Waals surface area contributed by atoms with Crippen LogP contribution in [0.5, 0.6) is 0 Å². The van der Waals surface area contributed by atoms with Crippen LogP contribution in [0.1, 0.15) is 0 Å². The number of ether oxygens (including phenoxy) is 3. The second kappa shape index (κ2) is 4.35. The number of nitrogens with zero attached hydrogens (tertiary/aromatic N) is 2. The Labute approximate surface area is 86.4 Å². The van der Waals surface area contributed by atoms with Crippen molar-refractivity contribution in [2.45, 2.75) is 11.6 Å². The molecule has 0 radical (unpaired) electrons. The Hall–Kier alpha value is -1.50. The molecule has 0 fully saturated rings. The molecule has 0 saturated carbocycles. The number of rotatable bonds is 3. The number of carbonyl (C=O) groups excluding carboxylic acids is 2. The fourth-order valence-electron chi connectivity index (χ4n) is 1.41. The molecule has 1 aliphatic heterocycles. The van der Waals surface area contributed by atoms with E-state index in [9.17, 15) is 9.59 Å². The van der Waals surface area contributed by atoms with Gasteiger partial charge in [-0.25, -0.2) is 9.59 Å². The van der Waals surface area contributed by atoms with Crippen molar-refractivity contribution >= 4 is 11.9 Å². The molecule has 0 spiro atoms. The van der Waals surface area contributed by atoms with Crippen LogP contribution in [0.25, 0.3) is 0 Å². The molecule has 0 N–H and O–H groups in total. The van der Waals surface area contributed by atoms with Crippen molar-refractivity contribution in [3.8, 4) is 0 Å². The Kier molecular flexibility index (Phi) is 3.35. The molecule has 7 nitrogen and oxygen atoms in total. The maximum atomic E-state index is 11.5. The molecule has 0 aliphatic carbocycles. The Bertz CT molecular complexity index is 285. The van der Waals surface area contributed by atoms with Crippen molar-refractivity contribution in [2.75, 3.05) is 27.9 Å². The van der Waals surface area contributed by atoms with Crippen molar-refractivity contribution in [3.05, 3.63) is 0 Å². The van der Waals surface area contributed by atoms with E-state index in [4.69, 9.17) is 4.74 Å². The summed E-state index contributed by atoms with van der Waals surface area (Å²) in [7, 11) is 3.68. The third-order valence-corrected chi connectivity index (χ3v) is 2.22. The highest BCUT2D eigenvalue weighted by Crippen LogP contribution is 2.28. The molecule has 0 saturated heterocycles. The zero-order valence-electron chi connectivity index (χ0n) is 8.72. The normalized spacial score (nSPS) is 22.5. The predicted molar refractivity (Wildman–Crippen MR) is 47.3 cm³/mol. The summed E-state index contributed by atoms with van der Waals surface area (Å²) in [6.45, 7) is 0.126. The molecular weight excluding hydrogens is 204 g/mol. The van der Waals surface area contributed by atoms with Crippen LogP contribution in [-0.2, 0) is 23.8 Å². The first-order valence-electron chi connectivity index (χ1n) is 4.21. The summed E-state index contributed by atoms with van der Waals surface area (Å²) in [4.78, 5) is 23.1. The van der Waals surface area contributed by atoms with Crippen molar-refractivity contribution in [1.82, 2.24) is 0 Å². The van der Waals surface area contributed by atoms with Gasteiger partial charge in [0.25, 0.3) is 0 Å². The molecular formula is C8H12N2O5. The van der Waals surface area contributed by atoms with E-state index in [2.05, 4.69) is 19.7 Å². The summed E-state index contributed by atoms with van der Waals surface area (Å²) >= 11 is 0. The molecule has 0 aromatic carbocycles. The van der Waals surface area contributed by atoms with Crippen LogP contribution in [0.3, 0.4) is 0 Å². The molecule has 0 bridgehead atoms. The van der Waals surface area contributed by atoms with Crippen molar-refractivity contribution in [1.29, 1.82) is 0 Å². The molecule has 84 valence electrons. The van der Waals surface area contributed by atoms with Crippen LogP contribution in [-0.4, -0.2) is 51.5 Å². The van der Waals surface area contributed by atoms with E-state index in [1.807, 2.05) is 0 Å². The van der Waals surface area contributed by atoms with Crippen LogP contribution < -0.4 is 0 Å². The first-order valence-corrected chi connectivity index (χ1v) is 4.21. The van der Waals surface area contributed by atoms with E-state index < -0.39 is 23.6 Å². The second-order valence-corrected chi connectivity index (χ2v) is 2.90. The average molecular weight is 216 g/mol. The third-order valence-electron chi connectivity index (χ3n) is 2.22. The zero-order valence-corrected chi connectivity index (χ0v) is 8.72. The van der Waals surface area contributed by atoms with E-state index in [0.29, 0.717) is 0 Å². The van der Waals surface area contributed by atoms with Gasteiger partial charge in [0, 0.05) is 7.11 Å². The van der Waals surface area contributed by atoms with Gasteiger partial charge in [0.1, 0.15) is 6.10 Å². The number of hydrogen-bond donors (Lipinski definition) is 0. The van der Waals surface area contributed by atoms with Crippen molar-refractivity contribution in [3.63, 3.8) is 0 Å². The van der Waals surface area contributed by atoms with Gasteiger partial charge in [-0.15, -0.1) is 0 Å². The maximum Gasteiger partial charge on any atom is 0.350 e. The molecule has 7 heteroatoms. The predicted octanol–water partition coefficient (Wildman–Crippen LogP) is -0.448. The van der Waals surface area contributed by atoms with Gasteiger partial charge in [0.15, 0.2) is 0 Å². The fourth-order valence-corrected chi connectivity index (χ4v) is 1.41. The van der Waals surface area contributed by atoms with E-state index in [-0.39, 0.29) is 6.54 Å². The van der Waals surface area contributed by atoms with Crippen LogP contribution in [0.15, 0.2) is 10.2 Å². The molecule has 1 rings (SSSR count). The van der Waals surface area contributed by atoms with Crippen molar-refractivity contribution < 1.29 is 23.8 Å². The van der Waals surface area contributed by atoms with Gasteiger partial charge in [-0.2, -0.15) is 10.2 Å². The Morgan fingerprint density at radius 1 is 1.20 bits per heavy atom. The second-order valence-electron chi connectivity index (χ2n) is 2.90. The molecule has 0 aromatic rings. The summed E-state index contributed by atoms with van der Waals surface area (Å²) < 4.78 is 14.0. The lowest BCUT2D eigenvalue weighted by Gasteiger charge is -2.24. The largest absolute Gasteiger partial charge is 0.467 e. The minimum Gasteiger partial charge on any atom is -0.467 e. The summed E-state index contributed by atoms with van der Waals surface area (Å²) in [5.74, 6) is -1.66. The molecule has 1 atom stereocenters. The van der Waals surface area contributed by atoms with Crippen LogP contribution in [0.2, 0.25) is 0 Å². The maximum absolute atomic E-state index is 11.5. The summed E-state index contributed by atoms with van der Waals surface area (Å²) in [5.41, 5.74) is -1.81. The highest BCUT2D eigenvalue weighted by Gasteiger charge is 2.59. The van der Waals surface area contributed by atoms with Crippen molar-refractivity contribution in [2.24, 2.45) is 10.2 Å². The van der Waals surface area contributed by atoms with Gasteiger partial charge >= 0.3 is 17.5 Å². The van der Waals surface area contributed by atoms with Gasteiger partial charge in [-0.1, -0.05) is 0 Å². The molecule has 0 aromatic heterocycles. The molecule has 15 heavy (non-hydrogen) atoms. The lowest BCUT2D eigenvalue weighted by atomic mass is 9.94. The summed E-state index contributed by atoms with van der Waals surface area (Å²) in [6.07, 6.45) is -0.780. The molecule has 0 amide bonds. The number of carbonyl (C=O) groups is 2. The summed E-state index contributed by atoms with van der Waals surface area (Å²) in [6, 6.07) is 0. The minimum atomic E-state index is -1.81. The van der Waals surface area contributed by atoms with Gasteiger partial charge in [0.05, 0.1) is 20.8 Å². The number of esters is 2. The lowest BCUT2D eigenvalue weighted by Crippen LogP contribution is -2.54. The molecule has 1 heterocycles. The van der Waals surface area contributed by atoms with Crippen LogP contribution in [0, 0.1) is 0 Å². The van der Waals surface area contributed by atoms with E-state index in [0.717, 1.165) is 14.2 Å². The average Bonchev–Trinajstić information content (AvgIpc) is 2.71. The smallest absolute Gasteiger partial charge is 0.350 e. The quantitative estimate of drug-likeness (QED) is 0.471. The topological polar surface area (TPSA) is 86.6 Å². The van der Waals surface area contributed by atoms with E-state index >= 15 is 0 Å². The monoisotopic (exact) mass is 216 g/mol. The lowest BCUT2D eigenvalue weighted by molar-refractivity contribution is -0.166. The third kappa shape index (κ3) is 1.58. The van der Waals surface area contributed by atoms with Gasteiger partial charge < -0.3 is 14.2 Å². The first-order chi connectivity index (χ1) is 7.13. The van der Waals surface area contributed by atoms with Crippen LogP contribution in [0.4, 0.5) is 0 Å². The van der Waals surface area contributed by atoms with Crippen LogP contribution >= 0.6 is 0 Å². The number of azo groups is 1.